The molecule has 1 amide bonds. The standard InChI is InChI=1S/C16H24N2O3/c1-12(2)18(11-16(20)21-4)10-15(19)17-9-14-7-5-13(3)6-8-14/h5-8,12H,9-11H2,1-4H3,(H,17,19). The normalized spacial score (nSPS) is 10.8. The van der Waals surface area contributed by atoms with Crippen LogP contribution in [-0.2, 0) is 20.9 Å². The van der Waals surface area contributed by atoms with Crippen LogP contribution in [0.25, 0.3) is 0 Å². The number of ether oxygens (including phenoxy) is 1. The van der Waals surface area contributed by atoms with Gasteiger partial charge in [0.15, 0.2) is 0 Å². The summed E-state index contributed by atoms with van der Waals surface area (Å²) in [6, 6.07) is 8.10. The molecule has 0 heterocycles. The van der Waals surface area contributed by atoms with Crippen molar-refractivity contribution in [1.29, 1.82) is 0 Å². The molecular weight excluding hydrogens is 268 g/mol. The van der Waals surface area contributed by atoms with E-state index in [9.17, 15) is 9.59 Å². The first kappa shape index (κ1) is 17.2. The van der Waals surface area contributed by atoms with Crippen molar-refractivity contribution in [3.63, 3.8) is 0 Å². The Hall–Kier alpha value is -1.88. The van der Waals surface area contributed by atoms with Crippen LogP contribution in [-0.4, -0.2) is 43.0 Å². The summed E-state index contributed by atoms with van der Waals surface area (Å²) in [6.45, 7) is 6.69. The molecule has 116 valence electrons. The molecule has 1 rings (SSSR count). The zero-order valence-corrected chi connectivity index (χ0v) is 13.2. The summed E-state index contributed by atoms with van der Waals surface area (Å²) in [5.74, 6) is -0.441. The lowest BCUT2D eigenvalue weighted by atomic mass is 10.1. The molecule has 0 unspecified atom stereocenters. The Morgan fingerprint density at radius 2 is 1.81 bits per heavy atom. The summed E-state index contributed by atoms with van der Waals surface area (Å²) in [6.07, 6.45) is 0. The number of carbonyl (C=O) groups is 2. The summed E-state index contributed by atoms with van der Waals surface area (Å²) >= 11 is 0. The third-order valence-corrected chi connectivity index (χ3v) is 3.25. The van der Waals surface area contributed by atoms with Crippen LogP contribution in [0.4, 0.5) is 0 Å². The number of aryl methyl sites for hydroxylation is 1. The second-order valence-electron chi connectivity index (χ2n) is 5.34. The number of methoxy groups -OCH3 is 1. The van der Waals surface area contributed by atoms with E-state index in [1.165, 1.54) is 12.7 Å². The Kier molecular flexibility index (Phi) is 6.88. The van der Waals surface area contributed by atoms with Gasteiger partial charge in [-0.3, -0.25) is 14.5 Å². The average molecular weight is 292 g/mol. The van der Waals surface area contributed by atoms with E-state index in [4.69, 9.17) is 0 Å². The predicted molar refractivity (Wildman–Crippen MR) is 81.8 cm³/mol. The third-order valence-electron chi connectivity index (χ3n) is 3.25. The fraction of sp³-hybridized carbons (Fsp3) is 0.500. The van der Waals surface area contributed by atoms with Gasteiger partial charge in [-0.2, -0.15) is 0 Å². The van der Waals surface area contributed by atoms with E-state index in [1.54, 1.807) is 4.90 Å². The molecule has 1 aromatic rings. The molecule has 0 aliphatic rings. The van der Waals surface area contributed by atoms with Gasteiger partial charge < -0.3 is 10.1 Å². The molecule has 5 heteroatoms. The second-order valence-corrected chi connectivity index (χ2v) is 5.34. The smallest absolute Gasteiger partial charge is 0.319 e. The van der Waals surface area contributed by atoms with Gasteiger partial charge in [0.1, 0.15) is 0 Å². The molecule has 1 aromatic carbocycles. The maximum Gasteiger partial charge on any atom is 0.319 e. The number of carbonyl (C=O) groups excluding carboxylic acids is 2. The Balaban J connectivity index is 2.46. The van der Waals surface area contributed by atoms with Crippen molar-refractivity contribution in [2.24, 2.45) is 0 Å². The molecule has 0 fully saturated rings. The molecule has 0 spiro atoms. The minimum absolute atomic E-state index is 0.0919. The largest absolute Gasteiger partial charge is 0.468 e. The van der Waals surface area contributed by atoms with Crippen molar-refractivity contribution in [3.8, 4) is 0 Å². The van der Waals surface area contributed by atoms with Crippen molar-refractivity contribution in [2.45, 2.75) is 33.4 Å². The molecule has 5 nitrogen and oxygen atoms in total. The first-order chi connectivity index (χ1) is 9.92. The average Bonchev–Trinajstić information content (AvgIpc) is 2.45. The van der Waals surface area contributed by atoms with Gasteiger partial charge in [-0.1, -0.05) is 29.8 Å². The van der Waals surface area contributed by atoms with Crippen LogP contribution in [0, 0.1) is 6.92 Å². The summed E-state index contributed by atoms with van der Waals surface area (Å²) < 4.78 is 4.64. The van der Waals surface area contributed by atoms with Crippen LogP contribution in [0.3, 0.4) is 0 Å². The lowest BCUT2D eigenvalue weighted by Gasteiger charge is -2.24. The van der Waals surface area contributed by atoms with E-state index >= 15 is 0 Å². The van der Waals surface area contributed by atoms with Crippen molar-refractivity contribution in [2.75, 3.05) is 20.2 Å². The van der Waals surface area contributed by atoms with E-state index < -0.39 is 0 Å². The number of amides is 1. The fourth-order valence-corrected chi connectivity index (χ4v) is 1.80. The number of hydrogen-bond donors (Lipinski definition) is 1. The van der Waals surface area contributed by atoms with Gasteiger partial charge in [-0.15, -0.1) is 0 Å². The Labute approximate surface area is 126 Å². The third kappa shape index (κ3) is 6.40. The van der Waals surface area contributed by atoms with E-state index in [1.807, 2.05) is 45.0 Å². The summed E-state index contributed by atoms with van der Waals surface area (Å²) in [7, 11) is 1.35. The minimum atomic E-state index is -0.338. The highest BCUT2D eigenvalue weighted by atomic mass is 16.5. The van der Waals surface area contributed by atoms with E-state index in [2.05, 4.69) is 10.1 Å². The van der Waals surface area contributed by atoms with Gasteiger partial charge in [0.25, 0.3) is 0 Å². The molecule has 0 aromatic heterocycles. The molecule has 0 aliphatic heterocycles. The van der Waals surface area contributed by atoms with Crippen LogP contribution in [0.1, 0.15) is 25.0 Å². The number of benzene rings is 1. The predicted octanol–water partition coefficient (Wildman–Crippen LogP) is 1.49. The number of nitrogens with zero attached hydrogens (tertiary/aromatic N) is 1. The zero-order valence-electron chi connectivity index (χ0n) is 13.2. The zero-order chi connectivity index (χ0) is 15.8. The van der Waals surface area contributed by atoms with E-state index in [0.717, 1.165) is 5.56 Å². The molecule has 0 aliphatic carbocycles. The van der Waals surface area contributed by atoms with Crippen molar-refractivity contribution in [3.05, 3.63) is 35.4 Å². The van der Waals surface area contributed by atoms with Crippen LogP contribution < -0.4 is 5.32 Å². The van der Waals surface area contributed by atoms with Crippen LogP contribution >= 0.6 is 0 Å². The first-order valence-corrected chi connectivity index (χ1v) is 7.05. The highest BCUT2D eigenvalue weighted by molar-refractivity contribution is 5.79. The number of nitrogens with one attached hydrogen (secondary N) is 1. The first-order valence-electron chi connectivity index (χ1n) is 7.05. The van der Waals surface area contributed by atoms with E-state index in [-0.39, 0.29) is 31.0 Å². The number of hydrogen-bond acceptors (Lipinski definition) is 4. The SMILES string of the molecule is COC(=O)CN(CC(=O)NCc1ccc(C)cc1)C(C)C. The number of rotatable bonds is 7. The Morgan fingerprint density at radius 3 is 2.33 bits per heavy atom. The Morgan fingerprint density at radius 1 is 1.19 bits per heavy atom. The van der Waals surface area contributed by atoms with Crippen LogP contribution in [0.2, 0.25) is 0 Å². The highest BCUT2D eigenvalue weighted by Crippen LogP contribution is 2.03. The van der Waals surface area contributed by atoms with Gasteiger partial charge >= 0.3 is 5.97 Å². The summed E-state index contributed by atoms with van der Waals surface area (Å²) in [4.78, 5) is 25.1. The van der Waals surface area contributed by atoms with Crippen LogP contribution in [0.15, 0.2) is 24.3 Å². The van der Waals surface area contributed by atoms with Gasteiger partial charge in [0, 0.05) is 12.6 Å². The monoisotopic (exact) mass is 292 g/mol. The van der Waals surface area contributed by atoms with Crippen molar-refractivity contribution >= 4 is 11.9 Å². The molecule has 0 atom stereocenters. The van der Waals surface area contributed by atoms with Gasteiger partial charge in [-0.25, -0.2) is 0 Å². The lowest BCUT2D eigenvalue weighted by Crippen LogP contribution is -2.43. The van der Waals surface area contributed by atoms with Gasteiger partial charge in [0.05, 0.1) is 20.2 Å². The molecule has 0 saturated heterocycles. The summed E-state index contributed by atoms with van der Waals surface area (Å²) in [5, 5.41) is 2.86. The molecule has 0 bridgehead atoms. The topological polar surface area (TPSA) is 58.6 Å². The molecular formula is C16H24N2O3. The molecule has 21 heavy (non-hydrogen) atoms. The second kappa shape index (κ2) is 8.42. The fourth-order valence-electron chi connectivity index (χ4n) is 1.80. The van der Waals surface area contributed by atoms with Gasteiger partial charge in [0.2, 0.25) is 5.91 Å². The van der Waals surface area contributed by atoms with Crippen molar-refractivity contribution in [1.82, 2.24) is 10.2 Å². The summed E-state index contributed by atoms with van der Waals surface area (Å²) in [5.41, 5.74) is 2.24. The van der Waals surface area contributed by atoms with Crippen LogP contribution in [0.5, 0.6) is 0 Å². The quantitative estimate of drug-likeness (QED) is 0.774. The number of esters is 1. The lowest BCUT2D eigenvalue weighted by molar-refractivity contribution is -0.142. The maximum absolute atomic E-state index is 12.0. The molecule has 0 radical (unpaired) electrons. The van der Waals surface area contributed by atoms with Gasteiger partial charge in [-0.05, 0) is 26.3 Å². The highest BCUT2D eigenvalue weighted by Gasteiger charge is 2.17. The minimum Gasteiger partial charge on any atom is -0.468 e. The molecule has 1 N–H and O–H groups in total. The maximum atomic E-state index is 12.0. The Bertz CT molecular complexity index is 469. The molecule has 0 saturated carbocycles. The van der Waals surface area contributed by atoms with Crippen molar-refractivity contribution < 1.29 is 14.3 Å². The van der Waals surface area contributed by atoms with E-state index in [0.29, 0.717) is 6.54 Å².